The number of hydrogen-bond acceptors (Lipinski definition) is 2. The minimum atomic E-state index is 0.789. The van der Waals surface area contributed by atoms with Gasteiger partial charge in [-0.1, -0.05) is 41.7 Å². The summed E-state index contributed by atoms with van der Waals surface area (Å²) >= 11 is 1.78. The van der Waals surface area contributed by atoms with E-state index in [1.807, 2.05) is 0 Å². The maximum Gasteiger partial charge on any atom is 0.173 e. The minimum Gasteiger partial charge on any atom is -0.487 e. The summed E-state index contributed by atoms with van der Waals surface area (Å²) in [6.07, 6.45) is 5.16. The van der Waals surface area contributed by atoms with E-state index >= 15 is 0 Å². The van der Waals surface area contributed by atoms with Crippen LogP contribution >= 0.6 is 19.5 Å². The van der Waals surface area contributed by atoms with Crippen LogP contribution in [0.4, 0.5) is 0 Å². The Balaban J connectivity index is 1.87. The van der Waals surface area contributed by atoms with Gasteiger partial charge in [-0.15, -0.1) is 8.19 Å². The van der Waals surface area contributed by atoms with Crippen molar-refractivity contribution in [2.45, 2.75) is 25.7 Å². The molecule has 0 spiro atoms. The zero-order valence-electron chi connectivity index (χ0n) is 12.7. The van der Waals surface area contributed by atoms with Crippen LogP contribution in [0.15, 0.2) is 42.5 Å². The molecular formula is C19H19OPS. The van der Waals surface area contributed by atoms with Crippen LogP contribution in [0.3, 0.4) is 0 Å². The van der Waals surface area contributed by atoms with Crippen molar-refractivity contribution in [3.8, 4) is 26.1 Å². The van der Waals surface area contributed by atoms with Crippen molar-refractivity contribution in [1.29, 1.82) is 0 Å². The van der Waals surface area contributed by atoms with Crippen LogP contribution < -0.4 is 4.74 Å². The van der Waals surface area contributed by atoms with Crippen LogP contribution in [0.25, 0.3) is 21.0 Å². The molecule has 1 aromatic carbocycles. The first-order valence-electron chi connectivity index (χ1n) is 7.80. The molecule has 0 radical (unpaired) electrons. The van der Waals surface area contributed by atoms with Crippen molar-refractivity contribution in [2.75, 3.05) is 7.11 Å². The van der Waals surface area contributed by atoms with Gasteiger partial charge in [-0.25, -0.2) is 0 Å². The third kappa shape index (κ3) is 2.41. The van der Waals surface area contributed by atoms with Gasteiger partial charge in [-0.2, -0.15) is 0 Å². The molecule has 3 aromatic rings. The van der Waals surface area contributed by atoms with Crippen LogP contribution in [0, 0.1) is 0 Å². The molecule has 0 saturated carbocycles. The van der Waals surface area contributed by atoms with Crippen molar-refractivity contribution < 1.29 is 4.74 Å². The molecule has 0 fully saturated rings. The molecule has 1 aliphatic rings. The quantitative estimate of drug-likeness (QED) is 0.573. The number of hydrogen-bond donors (Lipinski definition) is 0. The molecule has 1 nitrogen and oxygen atoms in total. The van der Waals surface area contributed by atoms with Crippen molar-refractivity contribution in [2.24, 2.45) is 0 Å². The van der Waals surface area contributed by atoms with Crippen molar-refractivity contribution in [3.63, 3.8) is 0 Å². The highest BCUT2D eigenvalue weighted by Gasteiger charge is 2.22. The molecule has 2 aromatic heterocycles. The van der Waals surface area contributed by atoms with E-state index in [1.54, 1.807) is 40.2 Å². The zero-order chi connectivity index (χ0) is 14.9. The second kappa shape index (κ2) is 5.95. The fraction of sp³-hybridized carbons (Fsp3) is 0.263. The van der Waals surface area contributed by atoms with Crippen LogP contribution in [0.2, 0.25) is 0 Å². The summed E-state index contributed by atoms with van der Waals surface area (Å²) in [4.78, 5) is 1.40. The molecule has 22 heavy (non-hydrogen) atoms. The van der Waals surface area contributed by atoms with E-state index in [1.165, 1.54) is 36.1 Å². The van der Waals surface area contributed by atoms with Gasteiger partial charge in [0.15, 0.2) is 5.06 Å². The SMILES string of the molecule is COc1ccc(-c2[pH]c(-c3ccccc3)c3c2CCCC3)s1. The van der Waals surface area contributed by atoms with E-state index in [9.17, 15) is 0 Å². The highest BCUT2D eigenvalue weighted by atomic mass is 32.1. The van der Waals surface area contributed by atoms with Gasteiger partial charge in [0.2, 0.25) is 0 Å². The van der Waals surface area contributed by atoms with Crippen molar-refractivity contribution >= 4 is 19.5 Å². The van der Waals surface area contributed by atoms with Gasteiger partial charge in [-0.3, -0.25) is 0 Å². The normalized spacial score (nSPS) is 14.2. The number of rotatable bonds is 3. The van der Waals surface area contributed by atoms with E-state index in [4.69, 9.17) is 4.74 Å². The molecule has 1 atom stereocenters. The standard InChI is InChI=1S/C19H19OPS/c1-20-17-12-11-16(22-17)19-15-10-6-5-9-14(15)18(21-19)13-7-3-2-4-8-13/h2-4,7-8,11-12,21H,5-6,9-10H2,1H3. The van der Waals surface area contributed by atoms with Gasteiger partial charge in [0.05, 0.1) is 7.11 Å². The van der Waals surface area contributed by atoms with Gasteiger partial charge in [-0.05, 0) is 54.5 Å². The van der Waals surface area contributed by atoms with Crippen molar-refractivity contribution in [3.05, 3.63) is 53.6 Å². The lowest BCUT2D eigenvalue weighted by Gasteiger charge is -2.14. The Kier molecular flexibility index (Phi) is 3.82. The highest BCUT2D eigenvalue weighted by Crippen LogP contribution is 2.50. The number of methoxy groups -OCH3 is 1. The molecule has 2 heterocycles. The van der Waals surface area contributed by atoms with Gasteiger partial charge in [0.1, 0.15) is 0 Å². The zero-order valence-corrected chi connectivity index (χ0v) is 14.5. The lowest BCUT2D eigenvalue weighted by Crippen LogP contribution is -2.01. The predicted molar refractivity (Wildman–Crippen MR) is 97.9 cm³/mol. The van der Waals surface area contributed by atoms with Crippen LogP contribution in [0.1, 0.15) is 24.0 Å². The number of ether oxygens (including phenoxy) is 1. The fourth-order valence-corrected chi connectivity index (χ4v) is 6.08. The summed E-state index contributed by atoms with van der Waals surface area (Å²) in [7, 11) is 2.54. The summed E-state index contributed by atoms with van der Waals surface area (Å²) in [5, 5.41) is 4.16. The van der Waals surface area contributed by atoms with E-state index in [0.29, 0.717) is 0 Å². The third-order valence-corrected chi connectivity index (χ3v) is 7.32. The van der Waals surface area contributed by atoms with E-state index in [-0.39, 0.29) is 0 Å². The summed E-state index contributed by atoms with van der Waals surface area (Å²) in [5.41, 5.74) is 4.68. The maximum atomic E-state index is 5.39. The monoisotopic (exact) mass is 326 g/mol. The third-order valence-electron chi connectivity index (χ3n) is 4.41. The lowest BCUT2D eigenvalue weighted by atomic mass is 9.90. The highest BCUT2D eigenvalue weighted by molar-refractivity contribution is 7.39. The van der Waals surface area contributed by atoms with Crippen LogP contribution in [-0.4, -0.2) is 7.11 Å². The lowest BCUT2D eigenvalue weighted by molar-refractivity contribution is 0.427. The van der Waals surface area contributed by atoms with E-state index in [0.717, 1.165) is 13.3 Å². The molecule has 4 rings (SSSR count). The Bertz CT molecular complexity index is 785. The Labute approximate surface area is 137 Å². The smallest absolute Gasteiger partial charge is 0.173 e. The molecule has 1 aliphatic carbocycles. The largest absolute Gasteiger partial charge is 0.487 e. The second-order valence-corrected chi connectivity index (χ2v) is 8.02. The number of thiophene rings is 1. The molecule has 0 amide bonds. The first kappa shape index (κ1) is 14.1. The van der Waals surface area contributed by atoms with Gasteiger partial charge in [0, 0.05) is 15.5 Å². The Morgan fingerprint density at radius 2 is 1.64 bits per heavy atom. The molecule has 0 saturated heterocycles. The molecular weight excluding hydrogens is 307 g/mol. The van der Waals surface area contributed by atoms with E-state index < -0.39 is 0 Å². The fourth-order valence-electron chi connectivity index (χ4n) is 3.36. The number of benzene rings is 1. The second-order valence-electron chi connectivity index (χ2n) is 5.73. The van der Waals surface area contributed by atoms with E-state index in [2.05, 4.69) is 42.5 Å². The molecule has 0 bridgehead atoms. The molecule has 1 unspecified atom stereocenters. The minimum absolute atomic E-state index is 0.789. The van der Waals surface area contributed by atoms with Crippen molar-refractivity contribution in [1.82, 2.24) is 0 Å². The molecule has 0 N–H and O–H groups in total. The van der Waals surface area contributed by atoms with Gasteiger partial charge >= 0.3 is 0 Å². The average Bonchev–Trinajstić information content (AvgIpc) is 3.20. The first-order chi connectivity index (χ1) is 10.9. The van der Waals surface area contributed by atoms with Gasteiger partial charge < -0.3 is 4.74 Å². The molecule has 112 valence electrons. The molecule has 3 heteroatoms. The maximum absolute atomic E-state index is 5.39. The predicted octanol–water partition coefficient (Wildman–Crippen LogP) is 6.00. The average molecular weight is 326 g/mol. The summed E-state index contributed by atoms with van der Waals surface area (Å²) in [6.45, 7) is 0. The topological polar surface area (TPSA) is 9.23 Å². The Morgan fingerprint density at radius 3 is 2.32 bits per heavy atom. The summed E-state index contributed by atoms with van der Waals surface area (Å²) in [6, 6.07) is 15.3. The summed E-state index contributed by atoms with van der Waals surface area (Å²) < 4.78 is 5.39. The van der Waals surface area contributed by atoms with Crippen LogP contribution in [-0.2, 0) is 12.8 Å². The Hall–Kier alpha value is -1.50. The first-order valence-corrected chi connectivity index (χ1v) is 9.62. The Morgan fingerprint density at radius 1 is 0.909 bits per heavy atom. The molecule has 0 aliphatic heterocycles. The van der Waals surface area contributed by atoms with Gasteiger partial charge in [0.25, 0.3) is 0 Å². The van der Waals surface area contributed by atoms with Crippen LogP contribution in [0.5, 0.6) is 5.06 Å². The number of fused-ring (bicyclic) bond motifs is 1. The summed E-state index contributed by atoms with van der Waals surface area (Å²) in [5.74, 6) is 0.